The van der Waals surface area contributed by atoms with Crippen molar-refractivity contribution in [3.8, 4) is 6.07 Å². The Balaban J connectivity index is 2.27. The van der Waals surface area contributed by atoms with Crippen molar-refractivity contribution in [2.75, 3.05) is 25.1 Å². The van der Waals surface area contributed by atoms with Crippen LogP contribution in [0.1, 0.15) is 25.8 Å². The molecule has 18 heavy (non-hydrogen) atoms. The van der Waals surface area contributed by atoms with E-state index in [2.05, 4.69) is 41.2 Å². The maximum atomic E-state index is 8.86. The van der Waals surface area contributed by atoms with Gasteiger partial charge in [0.2, 0.25) is 0 Å². The zero-order valence-electron chi connectivity index (χ0n) is 10.9. The van der Waals surface area contributed by atoms with E-state index < -0.39 is 0 Å². The van der Waals surface area contributed by atoms with E-state index in [-0.39, 0.29) is 0 Å². The summed E-state index contributed by atoms with van der Waals surface area (Å²) in [6.07, 6.45) is 0.959. The molecule has 98 valence electrons. The Morgan fingerprint density at radius 3 is 2.83 bits per heavy atom. The van der Waals surface area contributed by atoms with Gasteiger partial charge in [-0.3, -0.25) is 0 Å². The van der Waals surface area contributed by atoms with E-state index in [1.807, 2.05) is 12.1 Å². The molecule has 1 N–H and O–H groups in total. The molecule has 0 aromatic heterocycles. The highest BCUT2D eigenvalue weighted by Crippen LogP contribution is 2.19. The van der Waals surface area contributed by atoms with Crippen molar-refractivity contribution < 1.29 is 4.74 Å². The Hall–Kier alpha value is -1.05. The van der Waals surface area contributed by atoms with Crippen LogP contribution in [0.5, 0.6) is 0 Å². The molecule has 0 heterocycles. The third-order valence-electron chi connectivity index (χ3n) is 2.27. The highest BCUT2D eigenvalue weighted by Gasteiger charge is 1.99. The van der Waals surface area contributed by atoms with Crippen molar-refractivity contribution in [3.63, 3.8) is 0 Å². The van der Waals surface area contributed by atoms with Gasteiger partial charge in [0, 0.05) is 29.9 Å². The number of hydrogen-bond acceptors (Lipinski definition) is 3. The van der Waals surface area contributed by atoms with Crippen molar-refractivity contribution in [1.82, 2.24) is 0 Å². The summed E-state index contributed by atoms with van der Waals surface area (Å²) in [6.45, 7) is 6.71. The normalized spacial score (nSPS) is 10.4. The average Bonchev–Trinajstić information content (AvgIpc) is 2.32. The summed E-state index contributed by atoms with van der Waals surface area (Å²) >= 11 is 3.39. The van der Waals surface area contributed by atoms with Crippen LogP contribution < -0.4 is 5.32 Å². The Labute approximate surface area is 117 Å². The number of benzene rings is 1. The van der Waals surface area contributed by atoms with Crippen LogP contribution in [0.4, 0.5) is 5.69 Å². The highest BCUT2D eigenvalue weighted by molar-refractivity contribution is 9.10. The molecule has 0 saturated carbocycles. The summed E-state index contributed by atoms with van der Waals surface area (Å²) in [5, 5.41) is 12.1. The van der Waals surface area contributed by atoms with Crippen LogP contribution in [0.2, 0.25) is 0 Å². The zero-order chi connectivity index (χ0) is 13.4. The van der Waals surface area contributed by atoms with Crippen LogP contribution in [-0.4, -0.2) is 19.8 Å². The fourth-order valence-corrected chi connectivity index (χ4v) is 1.98. The van der Waals surface area contributed by atoms with Gasteiger partial charge < -0.3 is 10.1 Å². The van der Waals surface area contributed by atoms with Gasteiger partial charge in [-0.25, -0.2) is 0 Å². The molecule has 0 bridgehead atoms. The summed E-state index contributed by atoms with van der Waals surface area (Å²) in [6, 6.07) is 7.75. The lowest BCUT2D eigenvalue weighted by atomic mass is 10.2. The van der Waals surface area contributed by atoms with Crippen molar-refractivity contribution in [2.24, 2.45) is 5.92 Å². The largest absolute Gasteiger partial charge is 0.385 e. The van der Waals surface area contributed by atoms with Gasteiger partial charge in [-0.05, 0) is 30.5 Å². The van der Waals surface area contributed by atoms with E-state index in [0.29, 0.717) is 11.5 Å². The van der Waals surface area contributed by atoms with Crippen LogP contribution in [0, 0.1) is 17.2 Å². The lowest BCUT2D eigenvalue weighted by molar-refractivity contribution is 0.110. The van der Waals surface area contributed by atoms with Crippen molar-refractivity contribution in [1.29, 1.82) is 5.26 Å². The lowest BCUT2D eigenvalue weighted by Crippen LogP contribution is -2.08. The minimum absolute atomic E-state index is 0.584. The molecule has 4 heteroatoms. The molecule has 0 saturated heterocycles. The minimum atomic E-state index is 0.584. The summed E-state index contributed by atoms with van der Waals surface area (Å²) in [5.41, 5.74) is 1.62. The van der Waals surface area contributed by atoms with E-state index in [4.69, 9.17) is 10.00 Å². The molecule has 0 spiro atoms. The quantitative estimate of drug-likeness (QED) is 0.779. The van der Waals surface area contributed by atoms with Crippen LogP contribution in [0.25, 0.3) is 0 Å². The van der Waals surface area contributed by atoms with E-state index in [9.17, 15) is 0 Å². The van der Waals surface area contributed by atoms with Crippen molar-refractivity contribution in [3.05, 3.63) is 28.2 Å². The molecular weight excluding hydrogens is 292 g/mol. The number of anilines is 1. The van der Waals surface area contributed by atoms with Gasteiger partial charge in [0.25, 0.3) is 0 Å². The molecule has 0 aliphatic rings. The first-order chi connectivity index (χ1) is 8.61. The molecule has 0 atom stereocenters. The number of ether oxygens (including phenoxy) is 1. The van der Waals surface area contributed by atoms with Crippen molar-refractivity contribution >= 4 is 21.6 Å². The van der Waals surface area contributed by atoms with Gasteiger partial charge in [-0.15, -0.1) is 0 Å². The molecule has 0 radical (unpaired) electrons. The van der Waals surface area contributed by atoms with Crippen LogP contribution in [0.15, 0.2) is 22.7 Å². The third kappa shape index (κ3) is 6.04. The monoisotopic (exact) mass is 310 g/mol. The Kier molecular flexibility index (Phi) is 6.77. The number of rotatable bonds is 7. The summed E-state index contributed by atoms with van der Waals surface area (Å²) in [7, 11) is 0. The first-order valence-corrected chi connectivity index (χ1v) is 6.93. The smallest absolute Gasteiger partial charge is 0.0992 e. The predicted molar refractivity (Wildman–Crippen MR) is 77.6 cm³/mol. The molecule has 0 aliphatic carbocycles. The molecular formula is C14H19BrN2O. The van der Waals surface area contributed by atoms with Gasteiger partial charge in [-0.2, -0.15) is 5.26 Å². The molecule has 1 aromatic rings. The van der Waals surface area contributed by atoms with Gasteiger partial charge in [0.05, 0.1) is 11.6 Å². The first-order valence-electron chi connectivity index (χ1n) is 6.14. The topological polar surface area (TPSA) is 45.0 Å². The lowest BCUT2D eigenvalue weighted by Gasteiger charge is -2.09. The Morgan fingerprint density at radius 2 is 2.17 bits per heavy atom. The fourth-order valence-electron chi connectivity index (χ4n) is 1.48. The van der Waals surface area contributed by atoms with Crippen molar-refractivity contribution in [2.45, 2.75) is 20.3 Å². The fraction of sp³-hybridized carbons (Fsp3) is 0.500. The maximum absolute atomic E-state index is 8.86. The molecule has 1 aromatic carbocycles. The van der Waals surface area contributed by atoms with Crippen LogP contribution in [0.3, 0.4) is 0 Å². The molecule has 0 fully saturated rings. The summed E-state index contributed by atoms with van der Waals surface area (Å²) in [5.74, 6) is 0.584. The third-order valence-corrected chi connectivity index (χ3v) is 2.73. The van der Waals surface area contributed by atoms with Crippen LogP contribution >= 0.6 is 15.9 Å². The predicted octanol–water partition coefficient (Wildman–Crippen LogP) is 3.80. The van der Waals surface area contributed by atoms with Gasteiger partial charge in [0.15, 0.2) is 0 Å². The highest BCUT2D eigenvalue weighted by atomic mass is 79.9. The number of nitriles is 1. The number of hydrogen-bond donors (Lipinski definition) is 1. The maximum Gasteiger partial charge on any atom is 0.0992 e. The number of nitrogens with one attached hydrogen (secondary N) is 1. The zero-order valence-corrected chi connectivity index (χ0v) is 12.5. The molecule has 0 aliphatic heterocycles. The van der Waals surface area contributed by atoms with E-state index >= 15 is 0 Å². The SMILES string of the molecule is CC(C)COCCCNc1cc(Br)cc(C#N)c1. The van der Waals surface area contributed by atoms with E-state index in [1.54, 1.807) is 6.07 Å². The second kappa shape index (κ2) is 8.12. The Bertz CT molecular complexity index is 413. The standard InChI is InChI=1S/C14H19BrN2O/c1-11(2)10-18-5-3-4-17-14-7-12(9-16)6-13(15)8-14/h6-8,11,17H,3-5,10H2,1-2H3. The molecule has 1 rings (SSSR count). The minimum Gasteiger partial charge on any atom is -0.385 e. The van der Waals surface area contributed by atoms with Gasteiger partial charge >= 0.3 is 0 Å². The molecule has 0 unspecified atom stereocenters. The van der Waals surface area contributed by atoms with Crippen LogP contribution in [-0.2, 0) is 4.74 Å². The number of halogens is 1. The average molecular weight is 311 g/mol. The van der Waals surface area contributed by atoms with Gasteiger partial charge in [-0.1, -0.05) is 29.8 Å². The molecule has 3 nitrogen and oxygen atoms in total. The second-order valence-corrected chi connectivity index (χ2v) is 5.51. The molecule has 0 amide bonds. The van der Waals surface area contributed by atoms with E-state index in [1.165, 1.54) is 0 Å². The number of nitrogens with zero attached hydrogens (tertiary/aromatic N) is 1. The summed E-state index contributed by atoms with van der Waals surface area (Å²) in [4.78, 5) is 0. The second-order valence-electron chi connectivity index (χ2n) is 4.59. The summed E-state index contributed by atoms with van der Waals surface area (Å²) < 4.78 is 6.42. The van der Waals surface area contributed by atoms with E-state index in [0.717, 1.165) is 36.3 Å². The van der Waals surface area contributed by atoms with Gasteiger partial charge in [0.1, 0.15) is 0 Å². The Morgan fingerprint density at radius 1 is 1.39 bits per heavy atom. The first kappa shape index (κ1) is 15.0.